The highest BCUT2D eigenvalue weighted by molar-refractivity contribution is 5.67. The molecule has 1 N–H and O–H groups in total. The first kappa shape index (κ1) is 23.3. The third-order valence-electron chi connectivity index (χ3n) is 4.83. The molecule has 0 spiro atoms. The van der Waals surface area contributed by atoms with Crippen molar-refractivity contribution in [2.45, 2.75) is 46.4 Å². The number of alkyl carbamates (subject to hydrolysis) is 1. The molecule has 0 fully saturated rings. The van der Waals surface area contributed by atoms with Gasteiger partial charge in [-0.2, -0.15) is 0 Å². The molecule has 2 aromatic carbocycles. The molecule has 0 aliphatic carbocycles. The van der Waals surface area contributed by atoms with E-state index in [1.807, 2.05) is 68.4 Å². The number of hydrogen-bond donors (Lipinski definition) is 1. The van der Waals surface area contributed by atoms with Gasteiger partial charge in [-0.25, -0.2) is 9.78 Å². The van der Waals surface area contributed by atoms with Crippen LogP contribution in [0.1, 0.15) is 37.3 Å². The number of benzene rings is 2. The van der Waals surface area contributed by atoms with Crippen LogP contribution >= 0.6 is 0 Å². The quantitative estimate of drug-likeness (QED) is 0.411. The molecule has 3 rings (SSSR count). The Balaban J connectivity index is 1.51. The number of ether oxygens (including phenoxy) is 3. The van der Waals surface area contributed by atoms with Crippen molar-refractivity contribution in [2.75, 3.05) is 13.2 Å². The zero-order valence-electron chi connectivity index (χ0n) is 18.8. The Morgan fingerprint density at radius 2 is 1.81 bits per heavy atom. The van der Waals surface area contributed by atoms with Gasteiger partial charge >= 0.3 is 6.09 Å². The number of hydrogen-bond acceptors (Lipinski definition) is 6. The maximum atomic E-state index is 11.6. The van der Waals surface area contributed by atoms with Crippen molar-refractivity contribution in [3.63, 3.8) is 0 Å². The van der Waals surface area contributed by atoms with E-state index in [0.717, 1.165) is 34.8 Å². The second-order valence-corrected chi connectivity index (χ2v) is 7.17. The molecule has 7 nitrogen and oxygen atoms in total. The summed E-state index contributed by atoms with van der Waals surface area (Å²) in [6.07, 6.45) is 0.546. The maximum absolute atomic E-state index is 11.6. The molecule has 1 amide bonds. The number of rotatable bonds is 11. The summed E-state index contributed by atoms with van der Waals surface area (Å²) in [5, 5.41) is 2.73. The Morgan fingerprint density at radius 1 is 1.06 bits per heavy atom. The lowest BCUT2D eigenvalue weighted by molar-refractivity contribution is 0.0291. The van der Waals surface area contributed by atoms with E-state index in [2.05, 4.69) is 10.3 Å². The van der Waals surface area contributed by atoms with Crippen LogP contribution in [0.25, 0.3) is 11.5 Å². The summed E-state index contributed by atoms with van der Waals surface area (Å²) in [5.74, 6) is 2.09. The summed E-state index contributed by atoms with van der Waals surface area (Å²) < 4.78 is 22.2. The number of nitrogens with zero attached hydrogens (tertiary/aromatic N) is 1. The molecule has 0 saturated carbocycles. The van der Waals surface area contributed by atoms with Gasteiger partial charge in [0.15, 0.2) is 0 Å². The standard InChI is InChI=1S/C25H30N2O5/c1-4-29-23(27-25(28)30-5-2)16-13-19-11-14-21(15-12-19)31-17-22-18(3)32-24(26-22)20-9-7-6-8-10-20/h6-12,14-15,23H,4-5,13,16-17H2,1-3H3,(H,27,28). The molecule has 1 atom stereocenters. The summed E-state index contributed by atoms with van der Waals surface area (Å²) in [6, 6.07) is 17.7. The predicted octanol–water partition coefficient (Wildman–Crippen LogP) is 5.27. The number of oxazole rings is 1. The van der Waals surface area contributed by atoms with Crippen LogP contribution in [0.2, 0.25) is 0 Å². The molecule has 1 aromatic heterocycles. The lowest BCUT2D eigenvalue weighted by Gasteiger charge is -2.18. The van der Waals surface area contributed by atoms with Crippen LogP contribution in [0, 0.1) is 6.92 Å². The van der Waals surface area contributed by atoms with Gasteiger partial charge in [0.2, 0.25) is 5.89 Å². The SMILES string of the molecule is CCOC(=O)NC(CCc1ccc(OCc2nc(-c3ccccc3)oc2C)cc1)OCC. The third kappa shape index (κ3) is 6.85. The van der Waals surface area contributed by atoms with Crippen LogP contribution in [-0.2, 0) is 22.5 Å². The predicted molar refractivity (Wildman–Crippen MR) is 121 cm³/mol. The van der Waals surface area contributed by atoms with E-state index < -0.39 is 6.09 Å². The minimum absolute atomic E-state index is 0.327. The molecule has 1 unspecified atom stereocenters. The molecule has 32 heavy (non-hydrogen) atoms. The van der Waals surface area contributed by atoms with Gasteiger partial charge in [0, 0.05) is 12.2 Å². The summed E-state index contributed by atoms with van der Waals surface area (Å²) >= 11 is 0. The molecule has 0 saturated heterocycles. The topological polar surface area (TPSA) is 82.8 Å². The zero-order valence-corrected chi connectivity index (χ0v) is 18.8. The smallest absolute Gasteiger partial charge is 0.409 e. The average molecular weight is 439 g/mol. The molecular formula is C25H30N2O5. The van der Waals surface area contributed by atoms with Crippen LogP contribution in [0.5, 0.6) is 5.75 Å². The lowest BCUT2D eigenvalue weighted by Crippen LogP contribution is -2.37. The average Bonchev–Trinajstić information content (AvgIpc) is 3.18. The van der Waals surface area contributed by atoms with Crippen LogP contribution in [0.4, 0.5) is 4.79 Å². The van der Waals surface area contributed by atoms with Crippen LogP contribution in [0.3, 0.4) is 0 Å². The highest BCUT2D eigenvalue weighted by Gasteiger charge is 2.14. The summed E-state index contributed by atoms with van der Waals surface area (Å²) in [5.41, 5.74) is 2.84. The number of carbonyl (C=O) groups excluding carboxylic acids is 1. The normalized spacial score (nSPS) is 11.7. The number of amides is 1. The molecule has 0 bridgehead atoms. The van der Waals surface area contributed by atoms with Crippen molar-refractivity contribution in [3.05, 3.63) is 71.6 Å². The Bertz CT molecular complexity index is 970. The van der Waals surface area contributed by atoms with Gasteiger partial charge in [0.1, 0.15) is 30.0 Å². The highest BCUT2D eigenvalue weighted by Crippen LogP contribution is 2.23. The number of carbonyl (C=O) groups is 1. The first-order chi connectivity index (χ1) is 15.6. The minimum Gasteiger partial charge on any atom is -0.487 e. The molecular weight excluding hydrogens is 408 g/mol. The van der Waals surface area contributed by atoms with E-state index in [-0.39, 0.29) is 6.23 Å². The molecule has 0 aliphatic heterocycles. The van der Waals surface area contributed by atoms with Gasteiger partial charge < -0.3 is 18.6 Å². The Labute approximate surface area is 188 Å². The van der Waals surface area contributed by atoms with E-state index in [1.165, 1.54) is 0 Å². The van der Waals surface area contributed by atoms with E-state index in [0.29, 0.717) is 32.1 Å². The van der Waals surface area contributed by atoms with E-state index in [1.54, 1.807) is 6.92 Å². The highest BCUT2D eigenvalue weighted by atomic mass is 16.6. The Morgan fingerprint density at radius 3 is 2.50 bits per heavy atom. The second-order valence-electron chi connectivity index (χ2n) is 7.17. The Hall–Kier alpha value is -3.32. The Kier molecular flexibility index (Phi) is 8.69. The fraction of sp³-hybridized carbons (Fsp3) is 0.360. The summed E-state index contributed by atoms with van der Waals surface area (Å²) in [4.78, 5) is 16.2. The summed E-state index contributed by atoms with van der Waals surface area (Å²) in [7, 11) is 0. The first-order valence-electron chi connectivity index (χ1n) is 10.9. The van der Waals surface area contributed by atoms with Crippen molar-refractivity contribution in [3.8, 4) is 17.2 Å². The van der Waals surface area contributed by atoms with Gasteiger partial charge in [-0.05, 0) is 63.4 Å². The molecule has 0 radical (unpaired) electrons. The van der Waals surface area contributed by atoms with Gasteiger partial charge in [-0.15, -0.1) is 0 Å². The van der Waals surface area contributed by atoms with Crippen LogP contribution in [-0.4, -0.2) is 30.5 Å². The van der Waals surface area contributed by atoms with Gasteiger partial charge in [-0.1, -0.05) is 30.3 Å². The van der Waals surface area contributed by atoms with Gasteiger partial charge in [0.05, 0.1) is 6.61 Å². The summed E-state index contributed by atoms with van der Waals surface area (Å²) in [6.45, 7) is 6.72. The van der Waals surface area contributed by atoms with Crippen molar-refractivity contribution in [1.29, 1.82) is 0 Å². The molecule has 7 heteroatoms. The largest absolute Gasteiger partial charge is 0.487 e. The first-order valence-corrected chi connectivity index (χ1v) is 10.9. The molecule has 3 aromatic rings. The van der Waals surface area contributed by atoms with Crippen molar-refractivity contribution in [2.24, 2.45) is 0 Å². The lowest BCUT2D eigenvalue weighted by atomic mass is 10.1. The van der Waals surface area contributed by atoms with Crippen LogP contribution < -0.4 is 10.1 Å². The van der Waals surface area contributed by atoms with Crippen molar-refractivity contribution >= 4 is 6.09 Å². The van der Waals surface area contributed by atoms with Gasteiger partial charge in [0.25, 0.3) is 0 Å². The fourth-order valence-electron chi connectivity index (χ4n) is 3.17. The van der Waals surface area contributed by atoms with Crippen LogP contribution in [0.15, 0.2) is 59.0 Å². The van der Waals surface area contributed by atoms with Crippen molar-refractivity contribution < 1.29 is 23.4 Å². The molecule has 170 valence electrons. The number of aromatic nitrogens is 1. The number of nitrogens with one attached hydrogen (secondary N) is 1. The fourth-order valence-corrected chi connectivity index (χ4v) is 3.17. The minimum atomic E-state index is -0.465. The molecule has 0 aliphatic rings. The van der Waals surface area contributed by atoms with E-state index >= 15 is 0 Å². The van der Waals surface area contributed by atoms with E-state index in [4.69, 9.17) is 18.6 Å². The maximum Gasteiger partial charge on any atom is 0.409 e. The zero-order chi connectivity index (χ0) is 22.8. The monoisotopic (exact) mass is 438 g/mol. The van der Waals surface area contributed by atoms with E-state index in [9.17, 15) is 4.79 Å². The van der Waals surface area contributed by atoms with Crippen molar-refractivity contribution in [1.82, 2.24) is 10.3 Å². The molecule has 1 heterocycles. The third-order valence-corrected chi connectivity index (χ3v) is 4.83. The van der Waals surface area contributed by atoms with Gasteiger partial charge in [-0.3, -0.25) is 5.32 Å². The second kappa shape index (κ2) is 11.9. The number of aryl methyl sites for hydroxylation is 2.